The fraction of sp³-hybridized carbons (Fsp3) is 0.318. The van der Waals surface area contributed by atoms with Gasteiger partial charge in [-0.05, 0) is 23.6 Å². The predicted molar refractivity (Wildman–Crippen MR) is 116 cm³/mol. The van der Waals surface area contributed by atoms with E-state index in [9.17, 15) is 4.39 Å². The summed E-state index contributed by atoms with van der Waals surface area (Å²) in [6.45, 7) is 3.40. The van der Waals surface area contributed by atoms with Crippen molar-refractivity contribution in [2.75, 3.05) is 26.3 Å². The minimum Gasteiger partial charge on any atom is -0.379 e. The molecule has 158 valence electrons. The number of aromatic nitrogens is 1. The number of morpholine rings is 1. The Morgan fingerprint density at radius 2 is 1.87 bits per heavy atom. The maximum Gasteiger partial charge on any atom is 0.137 e. The van der Waals surface area contributed by atoms with E-state index >= 15 is 0 Å². The van der Waals surface area contributed by atoms with Gasteiger partial charge >= 0.3 is 0 Å². The zero-order valence-electron chi connectivity index (χ0n) is 16.7. The molecule has 0 radical (unpaired) electrons. The fourth-order valence-electron chi connectivity index (χ4n) is 3.33. The lowest BCUT2D eigenvalue weighted by Gasteiger charge is -2.25. The molecule has 1 saturated heterocycles. The van der Waals surface area contributed by atoms with Crippen LogP contribution in [0, 0.1) is 5.82 Å². The molecular weight excluding hydrogens is 403 g/mol. The van der Waals surface area contributed by atoms with E-state index in [-0.39, 0.29) is 5.82 Å². The first kappa shape index (κ1) is 20.9. The van der Waals surface area contributed by atoms with E-state index in [0.717, 1.165) is 35.7 Å². The third kappa shape index (κ3) is 5.40. The van der Waals surface area contributed by atoms with Crippen LogP contribution in [0.25, 0.3) is 11.1 Å². The van der Waals surface area contributed by atoms with Gasteiger partial charge in [-0.2, -0.15) is 0 Å². The van der Waals surface area contributed by atoms with Gasteiger partial charge in [-0.25, -0.2) is 13.1 Å². The summed E-state index contributed by atoms with van der Waals surface area (Å²) < 4.78 is 31.9. The second-order valence-corrected chi connectivity index (χ2v) is 8.45. The highest BCUT2D eigenvalue weighted by Crippen LogP contribution is 2.24. The Labute approximate surface area is 178 Å². The van der Waals surface area contributed by atoms with Gasteiger partial charge in [0.2, 0.25) is 0 Å². The summed E-state index contributed by atoms with van der Waals surface area (Å²) in [5, 5.41) is 10.2. The van der Waals surface area contributed by atoms with E-state index < -0.39 is 11.1 Å². The molecule has 1 aromatic heterocycles. The second-order valence-electron chi connectivity index (χ2n) is 7.09. The number of hydrogen-bond acceptors (Lipinski definition) is 4. The van der Waals surface area contributed by atoms with Gasteiger partial charge in [0.15, 0.2) is 0 Å². The van der Waals surface area contributed by atoms with Crippen molar-refractivity contribution in [2.45, 2.75) is 19.4 Å². The zero-order chi connectivity index (χ0) is 20.8. The molecule has 2 N–H and O–H groups in total. The SMILES string of the molecule is NS(=NCc1cc(CCc2ccc(-c3ccccc3)c(F)c2)on1)N1CCOCC1. The summed E-state index contributed by atoms with van der Waals surface area (Å²) in [6, 6.07) is 16.8. The lowest BCUT2D eigenvalue weighted by Crippen LogP contribution is -2.40. The quantitative estimate of drug-likeness (QED) is 0.621. The minimum absolute atomic E-state index is 0.214. The van der Waals surface area contributed by atoms with Gasteiger partial charge in [0.1, 0.15) is 17.3 Å². The van der Waals surface area contributed by atoms with E-state index in [1.54, 1.807) is 6.07 Å². The molecule has 3 aromatic rings. The Hall–Kier alpha value is -2.39. The molecule has 2 heterocycles. The Kier molecular flexibility index (Phi) is 7.01. The van der Waals surface area contributed by atoms with Gasteiger partial charge < -0.3 is 9.26 Å². The third-order valence-corrected chi connectivity index (χ3v) is 6.27. The summed E-state index contributed by atoms with van der Waals surface area (Å²) in [4.78, 5) is 0. The molecule has 1 fully saturated rings. The molecule has 0 spiro atoms. The summed E-state index contributed by atoms with van der Waals surface area (Å²) in [6.07, 6.45) is 1.32. The number of ether oxygens (including phenoxy) is 1. The van der Waals surface area contributed by atoms with E-state index in [1.165, 1.54) is 0 Å². The van der Waals surface area contributed by atoms with Crippen LogP contribution >= 0.6 is 0 Å². The first-order valence-electron chi connectivity index (χ1n) is 9.96. The molecule has 0 amide bonds. The van der Waals surface area contributed by atoms with Crippen molar-refractivity contribution in [3.8, 4) is 11.1 Å². The van der Waals surface area contributed by atoms with Crippen LogP contribution in [0.3, 0.4) is 0 Å². The minimum atomic E-state index is -0.647. The molecule has 1 unspecified atom stereocenters. The van der Waals surface area contributed by atoms with Gasteiger partial charge in [0, 0.05) is 42.2 Å². The molecule has 30 heavy (non-hydrogen) atoms. The largest absolute Gasteiger partial charge is 0.379 e. The van der Waals surface area contributed by atoms with Crippen molar-refractivity contribution >= 4 is 11.1 Å². The van der Waals surface area contributed by atoms with Crippen molar-refractivity contribution < 1.29 is 13.7 Å². The van der Waals surface area contributed by atoms with Crippen LogP contribution in [0.1, 0.15) is 17.0 Å². The van der Waals surface area contributed by atoms with Gasteiger partial charge in [0.25, 0.3) is 0 Å². The van der Waals surface area contributed by atoms with E-state index in [4.69, 9.17) is 14.4 Å². The molecule has 0 saturated carbocycles. The lowest BCUT2D eigenvalue weighted by atomic mass is 10.0. The summed E-state index contributed by atoms with van der Waals surface area (Å²) >= 11 is -0.647. The first-order valence-corrected chi connectivity index (χ1v) is 11.2. The van der Waals surface area contributed by atoms with E-state index in [0.29, 0.717) is 38.2 Å². The van der Waals surface area contributed by atoms with E-state index in [1.807, 2.05) is 48.5 Å². The number of nitrogens with zero attached hydrogens (tertiary/aromatic N) is 3. The van der Waals surface area contributed by atoms with Gasteiger partial charge in [0.05, 0.1) is 19.8 Å². The number of rotatable bonds is 7. The Morgan fingerprint density at radius 3 is 2.63 bits per heavy atom. The maximum absolute atomic E-state index is 14.5. The van der Waals surface area contributed by atoms with Crippen LogP contribution in [0.5, 0.6) is 0 Å². The molecule has 4 rings (SSSR count). The summed E-state index contributed by atoms with van der Waals surface area (Å²) in [7, 11) is 0. The van der Waals surface area contributed by atoms with Crippen LogP contribution < -0.4 is 5.14 Å². The maximum atomic E-state index is 14.5. The van der Waals surface area contributed by atoms with Crippen LogP contribution in [0.2, 0.25) is 0 Å². The van der Waals surface area contributed by atoms with Crippen LogP contribution in [0.4, 0.5) is 4.39 Å². The Bertz CT molecular complexity index is 1000. The number of aryl methyl sites for hydroxylation is 2. The van der Waals surface area contributed by atoms with Gasteiger partial charge in [-0.15, -0.1) is 0 Å². The lowest BCUT2D eigenvalue weighted by molar-refractivity contribution is 0.0763. The average Bonchev–Trinajstić information content (AvgIpc) is 3.25. The average molecular weight is 429 g/mol. The highest BCUT2D eigenvalue weighted by Gasteiger charge is 2.13. The topological polar surface area (TPSA) is 76.9 Å². The van der Waals surface area contributed by atoms with E-state index in [2.05, 4.69) is 13.8 Å². The number of nitrogens with two attached hydrogens (primary N) is 1. The molecular formula is C22H25FN4O2S. The van der Waals surface area contributed by atoms with Crippen molar-refractivity contribution in [3.05, 3.63) is 77.4 Å². The number of benzene rings is 2. The summed E-state index contributed by atoms with van der Waals surface area (Å²) in [5.74, 6) is 0.546. The highest BCUT2D eigenvalue weighted by atomic mass is 32.2. The molecule has 6 nitrogen and oxygen atoms in total. The zero-order valence-corrected chi connectivity index (χ0v) is 17.5. The highest BCUT2D eigenvalue weighted by molar-refractivity contribution is 7.82. The molecule has 0 bridgehead atoms. The normalized spacial score (nSPS) is 16.1. The van der Waals surface area contributed by atoms with Crippen LogP contribution in [-0.4, -0.2) is 35.8 Å². The molecule has 8 heteroatoms. The standard InChI is InChI=1S/C22H25FN4O2S/c23-22-14-17(7-9-21(22)18-4-2-1-3-5-18)6-8-20-15-19(26-29-20)16-25-30(24)27-10-12-28-13-11-27/h1-5,7,9,14-15H,6,8,10-13,16H2,(H2,24,25). The van der Waals surface area contributed by atoms with Crippen molar-refractivity contribution in [2.24, 2.45) is 9.50 Å². The summed E-state index contributed by atoms with van der Waals surface area (Å²) in [5.41, 5.74) is 3.17. The molecule has 1 aliphatic heterocycles. The third-order valence-electron chi connectivity index (χ3n) is 4.98. The molecule has 2 aromatic carbocycles. The van der Waals surface area contributed by atoms with Crippen molar-refractivity contribution in [1.29, 1.82) is 0 Å². The smallest absolute Gasteiger partial charge is 0.137 e. The van der Waals surface area contributed by atoms with Crippen LogP contribution in [-0.2, 0) is 35.2 Å². The number of hydrogen-bond donors (Lipinski definition) is 1. The second kappa shape index (κ2) is 10.1. The first-order chi connectivity index (χ1) is 14.7. The van der Waals surface area contributed by atoms with Crippen LogP contribution in [0.15, 0.2) is 63.5 Å². The monoisotopic (exact) mass is 428 g/mol. The van der Waals surface area contributed by atoms with Crippen molar-refractivity contribution in [1.82, 2.24) is 9.46 Å². The Balaban J connectivity index is 1.32. The predicted octanol–water partition coefficient (Wildman–Crippen LogP) is 3.69. The van der Waals surface area contributed by atoms with Gasteiger partial charge in [-0.3, -0.25) is 5.14 Å². The van der Waals surface area contributed by atoms with Crippen molar-refractivity contribution in [3.63, 3.8) is 0 Å². The fourth-order valence-corrected chi connectivity index (χ4v) is 4.28. The molecule has 0 aliphatic carbocycles. The van der Waals surface area contributed by atoms with Gasteiger partial charge in [-0.1, -0.05) is 47.6 Å². The molecule has 1 aliphatic rings. The number of halogens is 1. The molecule has 1 atom stereocenters. The Morgan fingerprint density at radius 1 is 1.07 bits per heavy atom.